The molecule has 5 nitrogen and oxygen atoms in total. The van der Waals surface area contributed by atoms with Gasteiger partial charge in [-0.05, 0) is 6.07 Å². The van der Waals surface area contributed by atoms with Crippen molar-refractivity contribution in [1.29, 1.82) is 0 Å². The molecule has 120 valence electrons. The monoisotopic (exact) mass is 332 g/mol. The van der Waals surface area contributed by atoms with Crippen molar-refractivity contribution in [3.63, 3.8) is 0 Å². The standard InChI is InChI=1S/C13H15F3N4OS/c14-13(15,16)10-1-2-17-12(18-10)20-7-9(8-20)11(21)19-3-5-22-6-4-19/h1-2,9H,3-8H2. The molecule has 3 rings (SSSR count). The quantitative estimate of drug-likeness (QED) is 0.822. The van der Waals surface area contributed by atoms with Crippen LogP contribution in [-0.2, 0) is 11.0 Å². The number of alkyl halides is 3. The summed E-state index contributed by atoms with van der Waals surface area (Å²) in [4.78, 5) is 23.1. The predicted molar refractivity (Wildman–Crippen MR) is 76.6 cm³/mol. The van der Waals surface area contributed by atoms with E-state index in [4.69, 9.17) is 0 Å². The minimum atomic E-state index is -4.48. The van der Waals surface area contributed by atoms with Crippen molar-refractivity contribution in [2.75, 3.05) is 42.6 Å². The van der Waals surface area contributed by atoms with Gasteiger partial charge in [-0.2, -0.15) is 24.9 Å². The molecule has 0 aromatic carbocycles. The summed E-state index contributed by atoms with van der Waals surface area (Å²) in [7, 11) is 0. The molecule has 3 heterocycles. The van der Waals surface area contributed by atoms with Crippen LogP contribution in [0.2, 0.25) is 0 Å². The highest BCUT2D eigenvalue weighted by atomic mass is 32.2. The van der Waals surface area contributed by atoms with E-state index in [2.05, 4.69) is 9.97 Å². The largest absolute Gasteiger partial charge is 0.433 e. The summed E-state index contributed by atoms with van der Waals surface area (Å²) < 4.78 is 37.9. The van der Waals surface area contributed by atoms with Gasteiger partial charge in [-0.3, -0.25) is 4.79 Å². The van der Waals surface area contributed by atoms with Crippen LogP contribution in [0.5, 0.6) is 0 Å². The number of thioether (sulfide) groups is 1. The number of hydrogen-bond acceptors (Lipinski definition) is 5. The molecule has 0 spiro atoms. The zero-order chi connectivity index (χ0) is 15.7. The molecular weight excluding hydrogens is 317 g/mol. The van der Waals surface area contributed by atoms with Gasteiger partial charge in [0.25, 0.3) is 0 Å². The fraction of sp³-hybridized carbons (Fsp3) is 0.615. The lowest BCUT2D eigenvalue weighted by atomic mass is 9.99. The van der Waals surface area contributed by atoms with Crippen LogP contribution in [0.15, 0.2) is 12.3 Å². The Morgan fingerprint density at radius 1 is 1.27 bits per heavy atom. The molecule has 0 bridgehead atoms. The summed E-state index contributed by atoms with van der Waals surface area (Å²) in [5.74, 6) is 1.84. The molecule has 1 amide bonds. The Labute approximate surface area is 129 Å². The van der Waals surface area contributed by atoms with Gasteiger partial charge >= 0.3 is 6.18 Å². The molecule has 1 aromatic rings. The SMILES string of the molecule is O=C(C1CN(c2nccc(C(F)(F)F)n2)C1)N1CCSCC1. The minimum Gasteiger partial charge on any atom is -0.341 e. The van der Waals surface area contributed by atoms with Gasteiger partial charge in [0.05, 0.1) is 5.92 Å². The first kappa shape index (κ1) is 15.4. The van der Waals surface area contributed by atoms with Crippen LogP contribution in [0.25, 0.3) is 0 Å². The Bertz CT molecular complexity index is 556. The lowest BCUT2D eigenvalue weighted by Crippen LogP contribution is -2.56. The van der Waals surface area contributed by atoms with Crippen LogP contribution in [0.3, 0.4) is 0 Å². The third-order valence-corrected chi connectivity index (χ3v) is 4.71. The highest BCUT2D eigenvalue weighted by Gasteiger charge is 2.38. The van der Waals surface area contributed by atoms with Gasteiger partial charge in [0.15, 0.2) is 0 Å². The van der Waals surface area contributed by atoms with Gasteiger partial charge in [-0.15, -0.1) is 0 Å². The molecule has 0 saturated carbocycles. The van der Waals surface area contributed by atoms with E-state index < -0.39 is 11.9 Å². The predicted octanol–water partition coefficient (Wildman–Crippen LogP) is 1.51. The molecule has 22 heavy (non-hydrogen) atoms. The summed E-state index contributed by atoms with van der Waals surface area (Å²) in [6.45, 7) is 2.26. The second-order valence-electron chi connectivity index (χ2n) is 5.28. The van der Waals surface area contributed by atoms with E-state index in [1.807, 2.05) is 16.7 Å². The van der Waals surface area contributed by atoms with Crippen LogP contribution < -0.4 is 4.90 Å². The topological polar surface area (TPSA) is 49.3 Å². The van der Waals surface area contributed by atoms with E-state index in [9.17, 15) is 18.0 Å². The number of rotatable bonds is 2. The van der Waals surface area contributed by atoms with Crippen LogP contribution >= 0.6 is 11.8 Å². The fourth-order valence-corrected chi connectivity index (χ4v) is 3.40. The van der Waals surface area contributed by atoms with Gasteiger partial charge in [0.1, 0.15) is 5.69 Å². The summed E-state index contributed by atoms with van der Waals surface area (Å²) in [6.07, 6.45) is -3.38. The average molecular weight is 332 g/mol. The normalized spacial score (nSPS) is 20.0. The van der Waals surface area contributed by atoms with Gasteiger partial charge in [0.2, 0.25) is 11.9 Å². The van der Waals surface area contributed by atoms with E-state index in [0.717, 1.165) is 36.9 Å². The number of carbonyl (C=O) groups is 1. The third kappa shape index (κ3) is 3.13. The molecular formula is C13H15F3N4OS. The van der Waals surface area contributed by atoms with Crippen LogP contribution in [0, 0.1) is 5.92 Å². The summed E-state index contributed by atoms with van der Waals surface area (Å²) >= 11 is 1.82. The number of anilines is 1. The lowest BCUT2D eigenvalue weighted by molar-refractivity contribution is -0.141. The highest BCUT2D eigenvalue weighted by molar-refractivity contribution is 7.99. The van der Waals surface area contributed by atoms with Crippen molar-refractivity contribution in [1.82, 2.24) is 14.9 Å². The number of aromatic nitrogens is 2. The van der Waals surface area contributed by atoms with Crippen molar-refractivity contribution in [3.8, 4) is 0 Å². The van der Waals surface area contributed by atoms with Crippen molar-refractivity contribution in [3.05, 3.63) is 18.0 Å². The maximum atomic E-state index is 12.6. The highest BCUT2D eigenvalue weighted by Crippen LogP contribution is 2.30. The zero-order valence-corrected chi connectivity index (χ0v) is 12.5. The van der Waals surface area contributed by atoms with E-state index in [-0.39, 0.29) is 17.8 Å². The van der Waals surface area contributed by atoms with Crippen molar-refractivity contribution in [2.45, 2.75) is 6.18 Å². The Morgan fingerprint density at radius 3 is 2.59 bits per heavy atom. The second-order valence-corrected chi connectivity index (χ2v) is 6.50. The first-order valence-electron chi connectivity index (χ1n) is 6.97. The molecule has 2 saturated heterocycles. The van der Waals surface area contributed by atoms with Gasteiger partial charge in [0, 0.05) is 43.9 Å². The first-order valence-corrected chi connectivity index (χ1v) is 8.12. The van der Waals surface area contributed by atoms with Gasteiger partial charge in [-0.1, -0.05) is 0 Å². The summed E-state index contributed by atoms with van der Waals surface area (Å²) in [6, 6.07) is 0.845. The summed E-state index contributed by atoms with van der Waals surface area (Å²) in [5, 5.41) is 0. The first-order chi connectivity index (χ1) is 10.4. The Hall–Kier alpha value is -1.51. The summed E-state index contributed by atoms with van der Waals surface area (Å²) in [5.41, 5.74) is -0.958. The molecule has 2 aliphatic rings. The molecule has 0 aliphatic carbocycles. The van der Waals surface area contributed by atoms with E-state index in [1.54, 1.807) is 4.90 Å². The number of carbonyl (C=O) groups excluding carboxylic acids is 1. The second kappa shape index (κ2) is 5.94. The number of amides is 1. The smallest absolute Gasteiger partial charge is 0.341 e. The average Bonchev–Trinajstić information content (AvgIpc) is 2.46. The maximum Gasteiger partial charge on any atom is 0.433 e. The number of hydrogen-bond donors (Lipinski definition) is 0. The molecule has 2 fully saturated rings. The Morgan fingerprint density at radius 2 is 1.95 bits per heavy atom. The lowest BCUT2D eigenvalue weighted by Gasteiger charge is -2.41. The molecule has 0 unspecified atom stereocenters. The molecule has 0 N–H and O–H groups in total. The van der Waals surface area contributed by atoms with E-state index in [1.165, 1.54) is 0 Å². The van der Waals surface area contributed by atoms with Crippen LogP contribution in [-0.4, -0.2) is 58.5 Å². The fourth-order valence-electron chi connectivity index (χ4n) is 2.50. The van der Waals surface area contributed by atoms with Gasteiger partial charge < -0.3 is 9.80 Å². The molecule has 9 heteroatoms. The zero-order valence-electron chi connectivity index (χ0n) is 11.7. The van der Waals surface area contributed by atoms with Crippen LogP contribution in [0.1, 0.15) is 5.69 Å². The molecule has 2 aliphatic heterocycles. The number of nitrogens with zero attached hydrogens (tertiary/aromatic N) is 4. The maximum absolute atomic E-state index is 12.6. The van der Waals surface area contributed by atoms with Crippen molar-refractivity contribution < 1.29 is 18.0 Å². The van der Waals surface area contributed by atoms with Crippen molar-refractivity contribution >= 4 is 23.6 Å². The van der Waals surface area contributed by atoms with E-state index >= 15 is 0 Å². The number of halogens is 3. The molecule has 0 radical (unpaired) electrons. The minimum absolute atomic E-state index is 0.0353. The Balaban J connectivity index is 1.60. The van der Waals surface area contributed by atoms with Crippen molar-refractivity contribution in [2.24, 2.45) is 5.92 Å². The molecule has 0 atom stereocenters. The third-order valence-electron chi connectivity index (χ3n) is 3.77. The van der Waals surface area contributed by atoms with Gasteiger partial charge in [-0.25, -0.2) is 9.97 Å². The Kier molecular flexibility index (Phi) is 4.16. The van der Waals surface area contributed by atoms with Crippen LogP contribution in [0.4, 0.5) is 19.1 Å². The van der Waals surface area contributed by atoms with E-state index in [0.29, 0.717) is 13.1 Å². The molecule has 1 aromatic heterocycles.